The van der Waals surface area contributed by atoms with Crippen molar-refractivity contribution in [2.24, 2.45) is 0 Å². The maximum absolute atomic E-state index is 13.1. The molecule has 1 amide bonds. The molecular weight excluding hydrogens is 383 g/mol. The zero-order chi connectivity index (χ0) is 20.3. The van der Waals surface area contributed by atoms with Gasteiger partial charge in [0.15, 0.2) is 0 Å². The van der Waals surface area contributed by atoms with E-state index in [0.717, 1.165) is 5.56 Å². The lowest BCUT2D eigenvalue weighted by Gasteiger charge is -2.14. The minimum Gasteiger partial charge on any atom is -0.326 e. The van der Waals surface area contributed by atoms with Crippen molar-refractivity contribution >= 4 is 34.8 Å². The van der Waals surface area contributed by atoms with Crippen LogP contribution in [0.2, 0.25) is 5.02 Å². The Hall–Kier alpha value is -3.19. The lowest BCUT2D eigenvalue weighted by Crippen LogP contribution is -2.30. The molecule has 0 spiro atoms. The van der Waals surface area contributed by atoms with Gasteiger partial charge in [0.2, 0.25) is 11.9 Å². The van der Waals surface area contributed by atoms with Gasteiger partial charge in [-0.15, -0.1) is 0 Å². The first kappa shape index (κ1) is 19.6. The van der Waals surface area contributed by atoms with E-state index in [1.165, 1.54) is 34.9 Å². The molecule has 3 aromatic rings. The summed E-state index contributed by atoms with van der Waals surface area (Å²) in [6.45, 7) is 3.30. The highest BCUT2D eigenvalue weighted by molar-refractivity contribution is 6.33. The van der Waals surface area contributed by atoms with Gasteiger partial charge in [0.1, 0.15) is 12.4 Å². The summed E-state index contributed by atoms with van der Waals surface area (Å²) in [5.74, 6) is -0.628. The molecule has 0 aliphatic rings. The molecule has 3 rings (SSSR count). The molecule has 0 atom stereocenters. The lowest BCUT2D eigenvalue weighted by atomic mass is 10.2. The monoisotopic (exact) mass is 400 g/mol. The van der Waals surface area contributed by atoms with Crippen molar-refractivity contribution < 1.29 is 9.18 Å². The number of carbonyl (C=O) groups is 1. The second kappa shape index (κ2) is 8.22. The predicted octanol–water partition coefficient (Wildman–Crippen LogP) is 4.03. The summed E-state index contributed by atoms with van der Waals surface area (Å²) in [5, 5.41) is 6.05. The fourth-order valence-electron chi connectivity index (χ4n) is 2.59. The van der Waals surface area contributed by atoms with E-state index in [2.05, 4.69) is 15.6 Å². The van der Waals surface area contributed by atoms with Crippen molar-refractivity contribution in [2.45, 2.75) is 20.4 Å². The first-order valence-electron chi connectivity index (χ1n) is 8.49. The zero-order valence-electron chi connectivity index (χ0n) is 15.3. The maximum Gasteiger partial charge on any atom is 0.255 e. The summed E-state index contributed by atoms with van der Waals surface area (Å²) in [6, 6.07) is 12.2. The number of anilines is 3. The van der Waals surface area contributed by atoms with E-state index in [4.69, 9.17) is 11.6 Å². The van der Waals surface area contributed by atoms with Crippen LogP contribution in [0.15, 0.2) is 53.3 Å². The van der Waals surface area contributed by atoms with E-state index < -0.39 is 5.91 Å². The summed E-state index contributed by atoms with van der Waals surface area (Å²) >= 11 is 6.14. The number of nitrogens with one attached hydrogen (secondary N) is 2. The third-order valence-corrected chi connectivity index (χ3v) is 4.25. The van der Waals surface area contributed by atoms with Gasteiger partial charge in [-0.05, 0) is 55.8 Å². The fourth-order valence-corrected chi connectivity index (χ4v) is 2.87. The minimum atomic E-state index is -0.430. The number of benzene rings is 2. The van der Waals surface area contributed by atoms with Gasteiger partial charge < -0.3 is 10.6 Å². The first-order valence-corrected chi connectivity index (χ1v) is 8.87. The first-order chi connectivity index (χ1) is 13.3. The Kier molecular flexibility index (Phi) is 5.75. The molecule has 144 valence electrons. The molecule has 0 radical (unpaired) electrons. The third kappa shape index (κ3) is 4.75. The normalized spacial score (nSPS) is 10.6. The van der Waals surface area contributed by atoms with Gasteiger partial charge >= 0.3 is 0 Å². The van der Waals surface area contributed by atoms with Crippen molar-refractivity contribution in [1.82, 2.24) is 9.55 Å². The average molecular weight is 401 g/mol. The standard InChI is InChI=1S/C20H18ClFN4O2/c1-12-3-8-17(16(21)9-12)25-18(27)11-26-19(28)10-13(2)23-20(26)24-15-6-4-14(22)5-7-15/h3-10H,11H2,1-2H3,(H,23,24)(H,25,27). The Morgan fingerprint density at radius 2 is 1.86 bits per heavy atom. The summed E-state index contributed by atoms with van der Waals surface area (Å²) in [7, 11) is 0. The van der Waals surface area contributed by atoms with E-state index in [0.29, 0.717) is 22.1 Å². The number of nitrogens with zero attached hydrogens (tertiary/aromatic N) is 2. The fraction of sp³-hybridized carbons (Fsp3) is 0.150. The number of halogens is 2. The number of hydrogen-bond acceptors (Lipinski definition) is 4. The van der Waals surface area contributed by atoms with Gasteiger partial charge in [-0.2, -0.15) is 0 Å². The Labute approximate surface area is 166 Å². The summed E-state index contributed by atoms with van der Waals surface area (Å²) in [4.78, 5) is 29.2. The van der Waals surface area contributed by atoms with Gasteiger partial charge in [0.05, 0.1) is 10.7 Å². The second-order valence-corrected chi connectivity index (χ2v) is 6.72. The van der Waals surface area contributed by atoms with Crippen LogP contribution in [0.3, 0.4) is 0 Å². The van der Waals surface area contributed by atoms with Gasteiger partial charge in [-0.1, -0.05) is 17.7 Å². The van der Waals surface area contributed by atoms with Gasteiger partial charge in [0, 0.05) is 17.4 Å². The van der Waals surface area contributed by atoms with Crippen LogP contribution in [0.1, 0.15) is 11.3 Å². The molecule has 2 N–H and O–H groups in total. The highest BCUT2D eigenvalue weighted by atomic mass is 35.5. The molecule has 0 saturated carbocycles. The molecule has 1 aromatic heterocycles. The molecule has 1 heterocycles. The molecule has 0 bridgehead atoms. The molecule has 0 fully saturated rings. The average Bonchev–Trinajstić information content (AvgIpc) is 2.62. The van der Waals surface area contributed by atoms with Gasteiger partial charge in [-0.3, -0.25) is 14.2 Å². The van der Waals surface area contributed by atoms with Crippen molar-refractivity contribution in [2.75, 3.05) is 10.6 Å². The highest BCUT2D eigenvalue weighted by Gasteiger charge is 2.13. The summed E-state index contributed by atoms with van der Waals surface area (Å²) in [6.07, 6.45) is 0. The molecule has 28 heavy (non-hydrogen) atoms. The molecule has 0 aliphatic carbocycles. The number of aromatic nitrogens is 2. The second-order valence-electron chi connectivity index (χ2n) is 6.31. The van der Waals surface area contributed by atoms with E-state index >= 15 is 0 Å². The molecule has 8 heteroatoms. The van der Waals surface area contributed by atoms with Gasteiger partial charge in [-0.25, -0.2) is 9.37 Å². The van der Waals surface area contributed by atoms with Crippen molar-refractivity contribution in [3.63, 3.8) is 0 Å². The zero-order valence-corrected chi connectivity index (χ0v) is 16.0. The topological polar surface area (TPSA) is 76.0 Å². The van der Waals surface area contributed by atoms with Crippen molar-refractivity contribution in [3.8, 4) is 0 Å². The number of amides is 1. The summed E-state index contributed by atoms with van der Waals surface area (Å²) < 4.78 is 14.3. The van der Waals surface area contributed by atoms with Crippen LogP contribution in [-0.2, 0) is 11.3 Å². The van der Waals surface area contributed by atoms with E-state index in [1.807, 2.05) is 13.0 Å². The third-order valence-electron chi connectivity index (χ3n) is 3.94. The quantitative estimate of drug-likeness (QED) is 0.677. The van der Waals surface area contributed by atoms with Crippen LogP contribution in [0, 0.1) is 19.7 Å². The van der Waals surface area contributed by atoms with Crippen molar-refractivity contribution in [1.29, 1.82) is 0 Å². The highest BCUT2D eigenvalue weighted by Crippen LogP contribution is 2.23. The van der Waals surface area contributed by atoms with Crippen LogP contribution in [-0.4, -0.2) is 15.5 Å². The maximum atomic E-state index is 13.1. The SMILES string of the molecule is Cc1ccc(NC(=O)Cn2c(Nc3ccc(F)cc3)nc(C)cc2=O)c(Cl)c1. The minimum absolute atomic E-state index is 0.182. The van der Waals surface area contributed by atoms with Crippen LogP contribution in [0.25, 0.3) is 0 Å². The van der Waals surface area contributed by atoms with Crippen molar-refractivity contribution in [3.05, 3.63) is 81.0 Å². The lowest BCUT2D eigenvalue weighted by molar-refractivity contribution is -0.116. The number of hydrogen-bond donors (Lipinski definition) is 2. The molecular formula is C20H18ClFN4O2. The number of rotatable bonds is 5. The predicted molar refractivity (Wildman–Crippen MR) is 108 cm³/mol. The van der Waals surface area contributed by atoms with Crippen LogP contribution >= 0.6 is 11.6 Å². The Bertz CT molecular complexity index is 1080. The van der Waals surface area contributed by atoms with Crippen LogP contribution in [0.4, 0.5) is 21.7 Å². The largest absolute Gasteiger partial charge is 0.326 e. The smallest absolute Gasteiger partial charge is 0.255 e. The molecule has 0 saturated heterocycles. The van der Waals surface area contributed by atoms with E-state index in [1.54, 1.807) is 19.1 Å². The number of carbonyl (C=O) groups excluding carboxylic acids is 1. The van der Waals surface area contributed by atoms with Crippen LogP contribution < -0.4 is 16.2 Å². The molecule has 0 aliphatic heterocycles. The Morgan fingerprint density at radius 1 is 1.14 bits per heavy atom. The van der Waals surface area contributed by atoms with Crippen LogP contribution in [0.5, 0.6) is 0 Å². The Morgan fingerprint density at radius 3 is 2.54 bits per heavy atom. The molecule has 6 nitrogen and oxygen atoms in total. The van der Waals surface area contributed by atoms with Gasteiger partial charge in [0.25, 0.3) is 5.56 Å². The van der Waals surface area contributed by atoms with E-state index in [-0.39, 0.29) is 23.9 Å². The summed E-state index contributed by atoms with van der Waals surface area (Å²) in [5.41, 5.74) is 2.07. The molecule has 2 aromatic carbocycles. The number of aryl methyl sites for hydroxylation is 2. The Balaban J connectivity index is 1.85. The molecule has 0 unspecified atom stereocenters. The van der Waals surface area contributed by atoms with E-state index in [9.17, 15) is 14.0 Å².